The van der Waals surface area contributed by atoms with Gasteiger partial charge in [-0.2, -0.15) is 5.26 Å². The number of nitriles is 1. The Labute approximate surface area is 143 Å². The Morgan fingerprint density at radius 3 is 2.58 bits per heavy atom. The lowest BCUT2D eigenvalue weighted by atomic mass is 10.1. The van der Waals surface area contributed by atoms with Crippen molar-refractivity contribution in [2.75, 3.05) is 18.0 Å². The van der Waals surface area contributed by atoms with Gasteiger partial charge in [0.15, 0.2) is 11.5 Å². The fourth-order valence-electron chi connectivity index (χ4n) is 3.12. The lowest BCUT2D eigenvalue weighted by molar-refractivity contribution is 0.513. The summed E-state index contributed by atoms with van der Waals surface area (Å²) in [6.45, 7) is 1.87. The summed E-state index contributed by atoms with van der Waals surface area (Å²) in [5.74, 6) is 0.667. The average Bonchev–Trinajstić information content (AvgIpc) is 3.07. The Kier molecular flexibility index (Phi) is 3.83. The van der Waals surface area contributed by atoms with E-state index in [4.69, 9.17) is 9.68 Å². The second-order valence-electron chi connectivity index (χ2n) is 5.99. The highest BCUT2D eigenvalue weighted by Crippen LogP contribution is 2.35. The molecule has 24 heavy (non-hydrogen) atoms. The number of anilines is 1. The van der Waals surface area contributed by atoms with Crippen molar-refractivity contribution in [3.8, 4) is 17.2 Å². The first-order valence-electron chi connectivity index (χ1n) is 8.07. The third-order valence-corrected chi connectivity index (χ3v) is 5.40. The molecule has 0 aliphatic carbocycles. The van der Waals surface area contributed by atoms with Crippen LogP contribution < -0.4 is 10.3 Å². The van der Waals surface area contributed by atoms with Crippen LogP contribution in [0.25, 0.3) is 21.4 Å². The van der Waals surface area contributed by atoms with Gasteiger partial charge in [0.2, 0.25) is 5.43 Å². The molecule has 1 aromatic carbocycles. The average molecular weight is 336 g/mol. The predicted octanol–water partition coefficient (Wildman–Crippen LogP) is 4.38. The monoisotopic (exact) mass is 336 g/mol. The van der Waals surface area contributed by atoms with Gasteiger partial charge in [-0.15, -0.1) is 11.3 Å². The first kappa shape index (κ1) is 15.0. The summed E-state index contributed by atoms with van der Waals surface area (Å²) in [5, 5.41) is 10.9. The summed E-state index contributed by atoms with van der Waals surface area (Å²) in [5.41, 5.74) is 3.16. The van der Waals surface area contributed by atoms with Gasteiger partial charge in [-0.3, -0.25) is 4.79 Å². The molecule has 4 nitrogen and oxygen atoms in total. The quantitative estimate of drug-likeness (QED) is 0.697. The van der Waals surface area contributed by atoms with Gasteiger partial charge in [-0.05, 0) is 37.0 Å². The summed E-state index contributed by atoms with van der Waals surface area (Å²) in [6, 6.07) is 11.1. The molecule has 3 aromatic rings. The highest BCUT2D eigenvalue weighted by Gasteiger charge is 2.18. The van der Waals surface area contributed by atoms with E-state index in [1.165, 1.54) is 17.8 Å². The van der Waals surface area contributed by atoms with Crippen LogP contribution in [0.5, 0.6) is 0 Å². The third kappa shape index (κ3) is 2.59. The lowest BCUT2D eigenvalue weighted by Crippen LogP contribution is -2.29. The van der Waals surface area contributed by atoms with Crippen LogP contribution >= 0.6 is 11.3 Å². The Hall–Kier alpha value is -2.58. The molecular formula is C19H16N2O2S. The second kappa shape index (κ2) is 6.14. The van der Waals surface area contributed by atoms with E-state index in [0.717, 1.165) is 37.1 Å². The second-order valence-corrected chi connectivity index (χ2v) is 6.87. The smallest absolute Gasteiger partial charge is 0.204 e. The zero-order valence-corrected chi connectivity index (χ0v) is 13.9. The number of hydrogen-bond donors (Lipinski definition) is 0. The molecule has 0 atom stereocenters. The standard InChI is InChI=1S/C19H16N2O2S/c20-11-13-4-6-14(7-5-13)15-12-24-19-16(22)10-17(23-18(15)19)21-8-2-1-3-9-21/h4-7,10,12H,1-3,8-9H2. The van der Waals surface area contributed by atoms with Crippen molar-refractivity contribution in [3.05, 3.63) is 51.5 Å². The van der Waals surface area contributed by atoms with E-state index in [1.807, 2.05) is 17.5 Å². The van der Waals surface area contributed by atoms with E-state index in [0.29, 0.717) is 21.7 Å². The molecule has 3 heterocycles. The number of benzene rings is 1. The zero-order valence-electron chi connectivity index (χ0n) is 13.1. The number of hydrogen-bond acceptors (Lipinski definition) is 5. The first-order chi connectivity index (χ1) is 11.8. The molecule has 1 fully saturated rings. The summed E-state index contributed by atoms with van der Waals surface area (Å²) < 4.78 is 6.78. The van der Waals surface area contributed by atoms with E-state index in [2.05, 4.69) is 11.0 Å². The molecule has 0 unspecified atom stereocenters. The van der Waals surface area contributed by atoms with Crippen LogP contribution in [0.1, 0.15) is 24.8 Å². The van der Waals surface area contributed by atoms with Crippen molar-refractivity contribution >= 4 is 27.5 Å². The molecule has 0 amide bonds. The van der Waals surface area contributed by atoms with E-state index >= 15 is 0 Å². The maximum atomic E-state index is 12.5. The van der Waals surface area contributed by atoms with Gasteiger partial charge in [0.05, 0.1) is 11.6 Å². The fraction of sp³-hybridized carbons (Fsp3) is 0.263. The van der Waals surface area contributed by atoms with Crippen LogP contribution in [0.4, 0.5) is 5.88 Å². The van der Waals surface area contributed by atoms with Crippen molar-refractivity contribution in [1.29, 1.82) is 5.26 Å². The highest BCUT2D eigenvalue weighted by molar-refractivity contribution is 7.17. The summed E-state index contributed by atoms with van der Waals surface area (Å²) in [6.07, 6.45) is 3.50. The molecular weight excluding hydrogens is 320 g/mol. The molecule has 0 bridgehead atoms. The van der Waals surface area contributed by atoms with Crippen LogP contribution in [0.2, 0.25) is 0 Å². The molecule has 0 N–H and O–H groups in total. The Morgan fingerprint density at radius 2 is 1.88 bits per heavy atom. The Bertz CT molecular complexity index is 973. The molecule has 4 rings (SSSR count). The number of nitrogens with zero attached hydrogens (tertiary/aromatic N) is 2. The topological polar surface area (TPSA) is 57.2 Å². The van der Waals surface area contributed by atoms with Gasteiger partial charge in [0.1, 0.15) is 4.70 Å². The molecule has 120 valence electrons. The first-order valence-corrected chi connectivity index (χ1v) is 8.95. The van der Waals surface area contributed by atoms with Gasteiger partial charge >= 0.3 is 0 Å². The maximum absolute atomic E-state index is 12.5. The van der Waals surface area contributed by atoms with Crippen molar-refractivity contribution in [3.63, 3.8) is 0 Å². The van der Waals surface area contributed by atoms with Crippen molar-refractivity contribution in [2.24, 2.45) is 0 Å². The van der Waals surface area contributed by atoms with Crippen LogP contribution in [-0.4, -0.2) is 13.1 Å². The van der Waals surface area contributed by atoms with Gasteiger partial charge in [0, 0.05) is 30.1 Å². The molecule has 0 radical (unpaired) electrons. The van der Waals surface area contributed by atoms with Crippen molar-refractivity contribution in [2.45, 2.75) is 19.3 Å². The molecule has 0 saturated carbocycles. The van der Waals surface area contributed by atoms with E-state index in [9.17, 15) is 4.79 Å². The SMILES string of the molecule is N#Cc1ccc(-c2csc3c(=O)cc(N4CCCCC4)oc23)cc1. The van der Waals surface area contributed by atoms with E-state index in [1.54, 1.807) is 18.2 Å². The molecule has 2 aromatic heterocycles. The minimum absolute atomic E-state index is 0.0155. The Balaban J connectivity index is 1.83. The third-order valence-electron chi connectivity index (χ3n) is 4.42. The molecule has 1 aliphatic rings. The molecule has 0 spiro atoms. The van der Waals surface area contributed by atoms with Crippen LogP contribution in [0, 0.1) is 11.3 Å². The molecule has 5 heteroatoms. The largest absolute Gasteiger partial charge is 0.439 e. The van der Waals surface area contributed by atoms with Gasteiger partial charge in [-0.1, -0.05) is 12.1 Å². The minimum Gasteiger partial charge on any atom is -0.439 e. The fourth-order valence-corrected chi connectivity index (χ4v) is 4.04. The summed E-state index contributed by atoms with van der Waals surface area (Å²) >= 11 is 1.41. The van der Waals surface area contributed by atoms with Gasteiger partial charge in [0.25, 0.3) is 0 Å². The molecule has 1 saturated heterocycles. The van der Waals surface area contributed by atoms with E-state index in [-0.39, 0.29) is 5.43 Å². The van der Waals surface area contributed by atoms with Crippen molar-refractivity contribution in [1.82, 2.24) is 0 Å². The number of thiophene rings is 1. The predicted molar refractivity (Wildman–Crippen MR) is 96.6 cm³/mol. The Morgan fingerprint density at radius 1 is 1.12 bits per heavy atom. The number of fused-ring (bicyclic) bond motifs is 1. The summed E-state index contributed by atoms with van der Waals surface area (Å²) in [7, 11) is 0. The zero-order chi connectivity index (χ0) is 16.5. The summed E-state index contributed by atoms with van der Waals surface area (Å²) in [4.78, 5) is 14.6. The van der Waals surface area contributed by atoms with Gasteiger partial charge in [-0.25, -0.2) is 0 Å². The lowest BCUT2D eigenvalue weighted by Gasteiger charge is -2.26. The van der Waals surface area contributed by atoms with Crippen LogP contribution in [0.15, 0.2) is 44.9 Å². The van der Waals surface area contributed by atoms with Crippen LogP contribution in [-0.2, 0) is 0 Å². The molecule has 1 aliphatic heterocycles. The normalized spacial score (nSPS) is 14.7. The minimum atomic E-state index is 0.0155. The van der Waals surface area contributed by atoms with Crippen molar-refractivity contribution < 1.29 is 4.42 Å². The van der Waals surface area contributed by atoms with E-state index < -0.39 is 0 Å². The maximum Gasteiger partial charge on any atom is 0.204 e. The van der Waals surface area contributed by atoms with Crippen LogP contribution in [0.3, 0.4) is 0 Å². The number of rotatable bonds is 2. The van der Waals surface area contributed by atoms with Gasteiger partial charge < -0.3 is 9.32 Å². The number of piperidine rings is 1. The highest BCUT2D eigenvalue weighted by atomic mass is 32.1.